The van der Waals surface area contributed by atoms with Gasteiger partial charge >= 0.3 is 0 Å². The van der Waals surface area contributed by atoms with Crippen LogP contribution in [-0.2, 0) is 14.3 Å². The molecule has 1 unspecified atom stereocenters. The number of carbonyl (C=O) groups excluding carboxylic acids is 2. The Labute approximate surface area is 153 Å². The molecule has 2 fully saturated rings. The average molecular weight is 366 g/mol. The molecule has 2 amide bonds. The number of hydrogen-bond donors (Lipinski definition) is 1. The zero-order chi connectivity index (χ0) is 17.8. The van der Waals surface area contributed by atoms with Crippen molar-refractivity contribution in [1.82, 2.24) is 10.2 Å². The molecule has 0 saturated carbocycles. The van der Waals surface area contributed by atoms with Crippen molar-refractivity contribution in [3.63, 3.8) is 0 Å². The molecule has 0 spiro atoms. The maximum absolute atomic E-state index is 12.6. The van der Waals surface area contributed by atoms with E-state index in [0.29, 0.717) is 30.2 Å². The van der Waals surface area contributed by atoms with E-state index in [0.717, 1.165) is 38.4 Å². The topological polar surface area (TPSA) is 61.9 Å². The highest BCUT2D eigenvalue weighted by atomic mass is 35.5. The third kappa shape index (κ3) is 4.32. The van der Waals surface area contributed by atoms with Crippen molar-refractivity contribution in [3.05, 3.63) is 28.8 Å². The van der Waals surface area contributed by atoms with Gasteiger partial charge in [0.2, 0.25) is 11.8 Å². The molecule has 1 aromatic carbocycles. The number of carbonyl (C=O) groups is 2. The summed E-state index contributed by atoms with van der Waals surface area (Å²) in [6.07, 6.45) is 0.520. The maximum atomic E-state index is 12.6. The number of aryl methyl sites for hydroxylation is 1. The molecule has 3 rings (SSSR count). The molecule has 136 valence electrons. The first-order valence-electron chi connectivity index (χ1n) is 8.71. The molecular formula is C18H24ClN3O3. The Morgan fingerprint density at radius 3 is 2.80 bits per heavy atom. The Kier molecular flexibility index (Phi) is 5.93. The fraction of sp³-hybridized carbons (Fsp3) is 0.556. The molecule has 6 nitrogen and oxygen atoms in total. The molecule has 0 aliphatic carbocycles. The van der Waals surface area contributed by atoms with Crippen molar-refractivity contribution in [2.45, 2.75) is 13.3 Å². The summed E-state index contributed by atoms with van der Waals surface area (Å²) >= 11 is 6.26. The molecule has 1 atom stereocenters. The van der Waals surface area contributed by atoms with Gasteiger partial charge in [0.15, 0.2) is 0 Å². The van der Waals surface area contributed by atoms with Gasteiger partial charge in [-0.05, 0) is 31.0 Å². The van der Waals surface area contributed by atoms with Gasteiger partial charge in [-0.3, -0.25) is 14.5 Å². The van der Waals surface area contributed by atoms with Crippen LogP contribution >= 0.6 is 11.6 Å². The monoisotopic (exact) mass is 365 g/mol. The number of anilines is 1. The van der Waals surface area contributed by atoms with E-state index in [1.165, 1.54) is 0 Å². The van der Waals surface area contributed by atoms with Gasteiger partial charge in [0.05, 0.1) is 23.9 Å². The van der Waals surface area contributed by atoms with Crippen molar-refractivity contribution < 1.29 is 14.3 Å². The van der Waals surface area contributed by atoms with Gasteiger partial charge in [0.25, 0.3) is 0 Å². The molecule has 1 N–H and O–H groups in total. The van der Waals surface area contributed by atoms with E-state index in [2.05, 4.69) is 10.2 Å². The molecule has 7 heteroatoms. The minimum absolute atomic E-state index is 0.172. The van der Waals surface area contributed by atoms with Crippen LogP contribution in [0, 0.1) is 12.8 Å². The first kappa shape index (κ1) is 18.2. The van der Waals surface area contributed by atoms with Gasteiger partial charge in [-0.1, -0.05) is 17.7 Å². The summed E-state index contributed by atoms with van der Waals surface area (Å²) < 4.78 is 5.30. The van der Waals surface area contributed by atoms with Gasteiger partial charge in [0.1, 0.15) is 5.92 Å². The van der Waals surface area contributed by atoms with E-state index in [1.54, 1.807) is 4.90 Å². The number of rotatable bonds is 5. The number of nitrogens with zero attached hydrogens (tertiary/aromatic N) is 2. The lowest BCUT2D eigenvalue weighted by atomic mass is 10.1. The van der Waals surface area contributed by atoms with E-state index in [-0.39, 0.29) is 11.8 Å². The molecule has 2 aliphatic rings. The fourth-order valence-electron chi connectivity index (χ4n) is 3.28. The second-order valence-corrected chi connectivity index (χ2v) is 6.94. The number of morpholine rings is 1. The van der Waals surface area contributed by atoms with E-state index < -0.39 is 5.92 Å². The highest BCUT2D eigenvalue weighted by molar-refractivity contribution is 6.34. The Morgan fingerprint density at radius 1 is 1.32 bits per heavy atom. The Balaban J connectivity index is 1.53. The van der Waals surface area contributed by atoms with E-state index in [1.807, 2.05) is 25.1 Å². The molecule has 25 heavy (non-hydrogen) atoms. The van der Waals surface area contributed by atoms with Crippen LogP contribution in [0.2, 0.25) is 5.02 Å². The first-order chi connectivity index (χ1) is 12.1. The SMILES string of the molecule is Cc1ccc(N2CCC(C(=O)NCCN3CCOCC3)C2=O)c(Cl)c1. The van der Waals surface area contributed by atoms with E-state index in [9.17, 15) is 9.59 Å². The number of hydrogen-bond acceptors (Lipinski definition) is 4. The molecular weight excluding hydrogens is 342 g/mol. The van der Waals surface area contributed by atoms with E-state index in [4.69, 9.17) is 16.3 Å². The molecule has 2 saturated heterocycles. The predicted molar refractivity (Wildman–Crippen MR) is 96.9 cm³/mol. The molecule has 0 bridgehead atoms. The highest BCUT2D eigenvalue weighted by Gasteiger charge is 2.38. The third-order valence-corrected chi connectivity index (χ3v) is 5.05. The van der Waals surface area contributed by atoms with Crippen LogP contribution in [0.15, 0.2) is 18.2 Å². The molecule has 2 heterocycles. The zero-order valence-electron chi connectivity index (χ0n) is 14.5. The third-order valence-electron chi connectivity index (χ3n) is 4.75. The predicted octanol–water partition coefficient (Wildman–Crippen LogP) is 1.45. The summed E-state index contributed by atoms with van der Waals surface area (Å²) in [4.78, 5) is 28.9. The lowest BCUT2D eigenvalue weighted by Gasteiger charge is -2.26. The average Bonchev–Trinajstić information content (AvgIpc) is 2.97. The maximum Gasteiger partial charge on any atom is 0.239 e. The molecule has 0 aromatic heterocycles. The lowest BCUT2D eigenvalue weighted by Crippen LogP contribution is -2.43. The van der Waals surface area contributed by atoms with Gasteiger partial charge in [-0.2, -0.15) is 0 Å². The standard InChI is InChI=1S/C18H24ClN3O3/c1-13-2-3-16(15(19)12-13)22-6-4-14(18(22)24)17(23)20-5-7-21-8-10-25-11-9-21/h2-3,12,14H,4-11H2,1H3,(H,20,23). The van der Waals surface area contributed by atoms with Gasteiger partial charge < -0.3 is 15.0 Å². The van der Waals surface area contributed by atoms with Crippen LogP contribution in [0.25, 0.3) is 0 Å². The summed E-state index contributed by atoms with van der Waals surface area (Å²) in [6, 6.07) is 5.60. The summed E-state index contributed by atoms with van der Waals surface area (Å²) in [5.74, 6) is -0.985. The minimum Gasteiger partial charge on any atom is -0.379 e. The second-order valence-electron chi connectivity index (χ2n) is 6.53. The minimum atomic E-state index is -0.623. The van der Waals surface area contributed by atoms with Crippen LogP contribution in [0.4, 0.5) is 5.69 Å². The van der Waals surface area contributed by atoms with Crippen molar-refractivity contribution in [2.75, 3.05) is 50.8 Å². The van der Waals surface area contributed by atoms with Gasteiger partial charge in [-0.25, -0.2) is 0 Å². The molecule has 2 aliphatic heterocycles. The first-order valence-corrected chi connectivity index (χ1v) is 9.09. The zero-order valence-corrected chi connectivity index (χ0v) is 15.2. The van der Waals surface area contributed by atoms with Crippen LogP contribution in [0.5, 0.6) is 0 Å². The quantitative estimate of drug-likeness (QED) is 0.802. The van der Waals surface area contributed by atoms with Crippen molar-refractivity contribution in [1.29, 1.82) is 0 Å². The lowest BCUT2D eigenvalue weighted by molar-refractivity contribution is -0.132. The Bertz CT molecular complexity index is 646. The molecule has 0 radical (unpaired) electrons. The Morgan fingerprint density at radius 2 is 2.08 bits per heavy atom. The van der Waals surface area contributed by atoms with Crippen molar-refractivity contribution in [3.8, 4) is 0 Å². The number of benzene rings is 1. The smallest absolute Gasteiger partial charge is 0.239 e. The summed E-state index contributed by atoms with van der Waals surface area (Å²) in [7, 11) is 0. The van der Waals surface area contributed by atoms with Crippen molar-refractivity contribution in [2.24, 2.45) is 5.92 Å². The largest absolute Gasteiger partial charge is 0.379 e. The Hall–Kier alpha value is -1.63. The van der Waals surface area contributed by atoms with Crippen LogP contribution in [0.3, 0.4) is 0 Å². The summed E-state index contributed by atoms with van der Waals surface area (Å²) in [5, 5.41) is 3.44. The number of amides is 2. The number of nitrogens with one attached hydrogen (secondary N) is 1. The normalized spacial score (nSPS) is 21.6. The van der Waals surface area contributed by atoms with Crippen LogP contribution < -0.4 is 10.2 Å². The van der Waals surface area contributed by atoms with Crippen LogP contribution in [0.1, 0.15) is 12.0 Å². The molecule has 1 aromatic rings. The number of ether oxygens (including phenoxy) is 1. The summed E-state index contributed by atoms with van der Waals surface area (Å²) in [6.45, 7) is 7.05. The van der Waals surface area contributed by atoms with Crippen LogP contribution in [-0.4, -0.2) is 62.7 Å². The van der Waals surface area contributed by atoms with Crippen molar-refractivity contribution >= 4 is 29.1 Å². The van der Waals surface area contributed by atoms with Gasteiger partial charge in [0, 0.05) is 32.7 Å². The summed E-state index contributed by atoms with van der Waals surface area (Å²) in [5.41, 5.74) is 1.72. The van der Waals surface area contributed by atoms with E-state index >= 15 is 0 Å². The fourth-order valence-corrected chi connectivity index (χ4v) is 3.62. The number of halogens is 1. The highest BCUT2D eigenvalue weighted by Crippen LogP contribution is 2.32. The second kappa shape index (κ2) is 8.17. The van der Waals surface area contributed by atoms with Gasteiger partial charge in [-0.15, -0.1) is 0 Å².